The van der Waals surface area contributed by atoms with E-state index in [9.17, 15) is 9.59 Å². The average Bonchev–Trinajstić information content (AvgIpc) is 3.42. The number of para-hydroxylation sites is 1. The normalized spacial score (nSPS) is 21.3. The molecule has 2 aliphatic rings. The van der Waals surface area contributed by atoms with Gasteiger partial charge in [0.15, 0.2) is 11.3 Å². The lowest BCUT2D eigenvalue weighted by atomic mass is 9.97. The van der Waals surface area contributed by atoms with Gasteiger partial charge in [-0.15, -0.1) is 0 Å². The van der Waals surface area contributed by atoms with E-state index in [1.54, 1.807) is 11.8 Å². The van der Waals surface area contributed by atoms with E-state index in [0.717, 1.165) is 42.2 Å². The van der Waals surface area contributed by atoms with Crippen LogP contribution in [0.5, 0.6) is 5.75 Å². The van der Waals surface area contributed by atoms with Crippen molar-refractivity contribution in [2.75, 3.05) is 6.61 Å². The van der Waals surface area contributed by atoms with Crippen molar-refractivity contribution >= 4 is 22.8 Å². The molecule has 1 aliphatic heterocycles. The van der Waals surface area contributed by atoms with Gasteiger partial charge in [0, 0.05) is 12.6 Å². The molecule has 2 heterocycles. The van der Waals surface area contributed by atoms with Crippen LogP contribution >= 0.6 is 0 Å². The molecule has 3 aromatic rings. The van der Waals surface area contributed by atoms with Gasteiger partial charge >= 0.3 is 0 Å². The summed E-state index contributed by atoms with van der Waals surface area (Å²) in [4.78, 5) is 29.0. The lowest BCUT2D eigenvalue weighted by Crippen LogP contribution is -2.62. The Bertz CT molecular complexity index is 1160. The molecular weight excluding hydrogens is 404 g/mol. The molecular formula is C26H28N2O4. The smallest absolute Gasteiger partial charge is 0.294 e. The summed E-state index contributed by atoms with van der Waals surface area (Å²) in [6.45, 7) is 4.15. The predicted octanol–water partition coefficient (Wildman–Crippen LogP) is 4.59. The molecule has 2 aromatic carbocycles. The molecule has 1 fully saturated rings. The van der Waals surface area contributed by atoms with Gasteiger partial charge in [0.1, 0.15) is 12.2 Å². The number of nitrogens with zero attached hydrogens (tertiary/aromatic N) is 1. The van der Waals surface area contributed by atoms with Gasteiger partial charge < -0.3 is 19.4 Å². The van der Waals surface area contributed by atoms with Crippen LogP contribution in [0.2, 0.25) is 0 Å². The highest BCUT2D eigenvalue weighted by Gasteiger charge is 2.48. The van der Waals surface area contributed by atoms with Crippen LogP contribution in [0.25, 0.3) is 11.0 Å². The highest BCUT2D eigenvalue weighted by atomic mass is 16.5. The van der Waals surface area contributed by atoms with Gasteiger partial charge in [0.25, 0.3) is 5.91 Å². The van der Waals surface area contributed by atoms with Crippen molar-refractivity contribution in [3.8, 4) is 5.75 Å². The molecule has 0 unspecified atom stereocenters. The van der Waals surface area contributed by atoms with E-state index in [-0.39, 0.29) is 36.8 Å². The zero-order chi connectivity index (χ0) is 22.3. The van der Waals surface area contributed by atoms with E-state index in [2.05, 4.69) is 5.32 Å². The highest BCUT2D eigenvalue weighted by Crippen LogP contribution is 2.39. The van der Waals surface area contributed by atoms with Crippen molar-refractivity contribution in [3.05, 3.63) is 65.4 Å². The number of ether oxygens (including phenoxy) is 1. The van der Waals surface area contributed by atoms with Crippen LogP contribution in [0.4, 0.5) is 0 Å². The fourth-order valence-corrected chi connectivity index (χ4v) is 4.66. The lowest BCUT2D eigenvalue weighted by Gasteiger charge is -2.38. The molecule has 0 spiro atoms. The molecule has 0 bridgehead atoms. The molecule has 0 radical (unpaired) electrons. The third kappa shape index (κ3) is 3.53. The summed E-state index contributed by atoms with van der Waals surface area (Å²) in [5.74, 6) is 0.0465. The molecule has 1 atom stereocenters. The van der Waals surface area contributed by atoms with Crippen molar-refractivity contribution in [2.45, 2.75) is 57.7 Å². The second kappa shape index (κ2) is 8.01. The molecule has 1 aliphatic carbocycles. The fraction of sp³-hybridized carbons (Fsp3) is 0.385. The van der Waals surface area contributed by atoms with Gasteiger partial charge in [-0.2, -0.15) is 0 Å². The number of furan rings is 1. The molecule has 5 rings (SSSR count). The van der Waals surface area contributed by atoms with Crippen LogP contribution in [-0.2, 0) is 11.3 Å². The lowest BCUT2D eigenvalue weighted by molar-refractivity contribution is -0.133. The van der Waals surface area contributed by atoms with Gasteiger partial charge in [-0.1, -0.05) is 54.8 Å². The van der Waals surface area contributed by atoms with E-state index >= 15 is 0 Å². The number of hydrogen-bond donors (Lipinski definition) is 1. The first kappa shape index (κ1) is 20.6. The van der Waals surface area contributed by atoms with Crippen LogP contribution in [0, 0.1) is 6.92 Å². The van der Waals surface area contributed by atoms with Crippen LogP contribution in [0.15, 0.2) is 52.9 Å². The first-order valence-corrected chi connectivity index (χ1v) is 11.3. The Morgan fingerprint density at radius 1 is 1.12 bits per heavy atom. The molecule has 0 saturated heterocycles. The van der Waals surface area contributed by atoms with Crippen molar-refractivity contribution in [1.82, 2.24) is 10.2 Å². The van der Waals surface area contributed by atoms with Gasteiger partial charge in [-0.05, 0) is 44.4 Å². The van der Waals surface area contributed by atoms with E-state index < -0.39 is 5.54 Å². The maximum atomic E-state index is 13.8. The third-order valence-corrected chi connectivity index (χ3v) is 6.72. The van der Waals surface area contributed by atoms with Crippen LogP contribution in [-0.4, -0.2) is 34.9 Å². The number of fused-ring (bicyclic) bond motifs is 3. The number of hydrogen-bond acceptors (Lipinski definition) is 4. The van der Waals surface area contributed by atoms with E-state index in [0.29, 0.717) is 11.3 Å². The average molecular weight is 433 g/mol. The first-order chi connectivity index (χ1) is 15.5. The number of carbonyl (C=O) groups excluding carboxylic acids is 2. The zero-order valence-electron chi connectivity index (χ0n) is 18.5. The number of benzene rings is 2. The summed E-state index contributed by atoms with van der Waals surface area (Å²) < 4.78 is 12.1. The maximum absolute atomic E-state index is 13.8. The van der Waals surface area contributed by atoms with Gasteiger partial charge in [-0.25, -0.2) is 0 Å². The second-order valence-electron chi connectivity index (χ2n) is 9.15. The number of nitrogens with one attached hydrogen (secondary N) is 1. The largest absolute Gasteiger partial charge is 0.486 e. The monoisotopic (exact) mass is 432 g/mol. The van der Waals surface area contributed by atoms with E-state index in [1.807, 2.05) is 55.5 Å². The van der Waals surface area contributed by atoms with Crippen LogP contribution in [0.1, 0.15) is 54.3 Å². The predicted molar refractivity (Wildman–Crippen MR) is 122 cm³/mol. The standard InChI is InChI=1S/C26H28N2O4/c1-17-11-13-18(14-12-17)15-28-24(29)23-22(20-9-5-6-10-21(20)32-23)31-16-26(28,2)25(30)27-19-7-3-4-8-19/h5-6,9-14,19H,3-4,7-8,15-16H2,1-2H3,(H,27,30)/t26-/m0/s1. The minimum Gasteiger partial charge on any atom is -0.486 e. The van der Waals surface area contributed by atoms with E-state index in [4.69, 9.17) is 9.15 Å². The summed E-state index contributed by atoms with van der Waals surface area (Å²) in [7, 11) is 0. The Kier molecular flexibility index (Phi) is 5.16. The SMILES string of the molecule is Cc1ccc(CN2C(=O)c3oc4ccccc4c3OC[C@@]2(C)C(=O)NC2CCCC2)cc1. The van der Waals surface area contributed by atoms with Crippen LogP contribution in [0.3, 0.4) is 0 Å². The van der Waals surface area contributed by atoms with E-state index in [1.165, 1.54) is 0 Å². The Labute approximate surface area is 187 Å². The summed E-state index contributed by atoms with van der Waals surface area (Å²) in [6, 6.07) is 15.6. The number of rotatable bonds is 4. The highest BCUT2D eigenvalue weighted by molar-refractivity contribution is 6.04. The Balaban J connectivity index is 1.55. The second-order valence-corrected chi connectivity index (χ2v) is 9.15. The van der Waals surface area contributed by atoms with Crippen molar-refractivity contribution in [3.63, 3.8) is 0 Å². The Morgan fingerprint density at radius 2 is 1.84 bits per heavy atom. The van der Waals surface area contributed by atoms with Crippen molar-refractivity contribution in [2.24, 2.45) is 0 Å². The Hall–Kier alpha value is -3.28. The molecule has 6 heteroatoms. The molecule has 32 heavy (non-hydrogen) atoms. The number of amides is 2. The molecule has 1 aromatic heterocycles. The molecule has 1 saturated carbocycles. The zero-order valence-corrected chi connectivity index (χ0v) is 18.5. The molecule has 1 N–H and O–H groups in total. The Morgan fingerprint density at radius 3 is 2.59 bits per heavy atom. The number of carbonyl (C=O) groups is 2. The summed E-state index contributed by atoms with van der Waals surface area (Å²) in [5.41, 5.74) is 1.51. The quantitative estimate of drug-likeness (QED) is 0.654. The summed E-state index contributed by atoms with van der Waals surface area (Å²) in [6.07, 6.45) is 4.18. The molecule has 2 amide bonds. The van der Waals surface area contributed by atoms with Gasteiger partial charge in [-0.3, -0.25) is 9.59 Å². The van der Waals surface area contributed by atoms with Crippen LogP contribution < -0.4 is 10.1 Å². The third-order valence-electron chi connectivity index (χ3n) is 6.72. The van der Waals surface area contributed by atoms with Gasteiger partial charge in [0.05, 0.1) is 5.39 Å². The summed E-state index contributed by atoms with van der Waals surface area (Å²) in [5, 5.41) is 3.92. The van der Waals surface area contributed by atoms with Crippen molar-refractivity contribution < 1.29 is 18.7 Å². The summed E-state index contributed by atoms with van der Waals surface area (Å²) >= 11 is 0. The molecule has 6 nitrogen and oxygen atoms in total. The topological polar surface area (TPSA) is 71.8 Å². The minimum atomic E-state index is -1.17. The fourth-order valence-electron chi connectivity index (χ4n) is 4.66. The first-order valence-electron chi connectivity index (χ1n) is 11.3. The minimum absolute atomic E-state index is 0.0552. The van der Waals surface area contributed by atoms with Gasteiger partial charge in [0.2, 0.25) is 11.7 Å². The number of aryl methyl sites for hydroxylation is 1. The van der Waals surface area contributed by atoms with Crippen molar-refractivity contribution in [1.29, 1.82) is 0 Å². The molecule has 166 valence electrons. The maximum Gasteiger partial charge on any atom is 0.294 e.